The quantitative estimate of drug-likeness (QED) is 0.664. The zero-order valence-corrected chi connectivity index (χ0v) is 13.4. The van der Waals surface area contributed by atoms with Crippen molar-refractivity contribution in [3.63, 3.8) is 0 Å². The molecule has 4 aliphatic carbocycles. The van der Waals surface area contributed by atoms with Gasteiger partial charge in [-0.3, -0.25) is 4.79 Å². The molecular weight excluding hydrogens is 296 g/mol. The Labute approximate surface area is 136 Å². The maximum absolute atomic E-state index is 12.7. The highest BCUT2D eigenvalue weighted by Gasteiger charge is 2.54. The van der Waals surface area contributed by atoms with Crippen LogP contribution in [0.3, 0.4) is 0 Å². The van der Waals surface area contributed by atoms with Crippen LogP contribution in [-0.4, -0.2) is 12.1 Å². The molecule has 0 atom stereocenters. The van der Waals surface area contributed by atoms with Crippen molar-refractivity contribution in [2.75, 3.05) is 0 Å². The molecule has 0 unspecified atom stereocenters. The van der Waals surface area contributed by atoms with Crippen LogP contribution in [0.2, 0.25) is 5.02 Å². The molecule has 0 saturated heterocycles. The van der Waals surface area contributed by atoms with Gasteiger partial charge in [-0.05, 0) is 62.3 Å². The number of hydrogen-bond acceptors (Lipinski definition) is 2. The van der Waals surface area contributed by atoms with Gasteiger partial charge >= 0.3 is 0 Å². The summed E-state index contributed by atoms with van der Waals surface area (Å²) in [6, 6.07) is 7.51. The standard InChI is InChI=1S/C18H21ClN2O/c19-16-4-2-1-3-15(16)11-20-21-17(22)18-8-12-5-13(9-18)7-14(6-12)10-18/h1-4,11-14H,5-10H2,(H,21,22)/b20-11-. The average molecular weight is 317 g/mol. The second kappa shape index (κ2) is 5.38. The third-order valence-corrected chi connectivity index (χ3v) is 6.14. The predicted octanol–water partition coefficient (Wildman–Crippen LogP) is 4.01. The van der Waals surface area contributed by atoms with Crippen LogP contribution in [0.1, 0.15) is 44.1 Å². The molecule has 22 heavy (non-hydrogen) atoms. The van der Waals surface area contributed by atoms with Crippen molar-refractivity contribution < 1.29 is 4.79 Å². The van der Waals surface area contributed by atoms with Crippen LogP contribution < -0.4 is 5.43 Å². The minimum Gasteiger partial charge on any atom is -0.273 e. The van der Waals surface area contributed by atoms with Gasteiger partial charge in [-0.25, -0.2) is 5.43 Å². The van der Waals surface area contributed by atoms with Gasteiger partial charge in [0.2, 0.25) is 5.91 Å². The van der Waals surface area contributed by atoms with E-state index in [1.54, 1.807) is 6.21 Å². The SMILES string of the molecule is O=C(N/N=C\c1ccccc1Cl)C12CC3CC(CC(C3)C1)C2. The van der Waals surface area contributed by atoms with Gasteiger partial charge in [-0.1, -0.05) is 29.8 Å². The first-order chi connectivity index (χ1) is 10.6. The first-order valence-corrected chi connectivity index (χ1v) is 8.60. The molecule has 1 N–H and O–H groups in total. The number of amides is 1. The topological polar surface area (TPSA) is 41.5 Å². The second-order valence-corrected chi connectivity index (χ2v) is 7.83. The molecule has 4 aliphatic rings. The number of benzene rings is 1. The predicted molar refractivity (Wildman–Crippen MR) is 87.8 cm³/mol. The fourth-order valence-electron chi connectivity index (χ4n) is 5.25. The fourth-order valence-corrected chi connectivity index (χ4v) is 5.43. The highest BCUT2D eigenvalue weighted by Crippen LogP contribution is 2.60. The lowest BCUT2D eigenvalue weighted by atomic mass is 9.49. The first kappa shape index (κ1) is 14.3. The van der Waals surface area contributed by atoms with Gasteiger partial charge in [0.25, 0.3) is 0 Å². The molecule has 3 nitrogen and oxygen atoms in total. The Kier molecular flexibility index (Phi) is 3.48. The van der Waals surface area contributed by atoms with Gasteiger partial charge in [0.05, 0.1) is 11.6 Å². The summed E-state index contributed by atoms with van der Waals surface area (Å²) in [5.74, 6) is 2.42. The van der Waals surface area contributed by atoms with Crippen LogP contribution in [-0.2, 0) is 4.79 Å². The van der Waals surface area contributed by atoms with Crippen molar-refractivity contribution in [2.45, 2.75) is 38.5 Å². The highest BCUT2D eigenvalue weighted by molar-refractivity contribution is 6.33. The van der Waals surface area contributed by atoms with Crippen molar-refractivity contribution in [1.29, 1.82) is 0 Å². The Hall–Kier alpha value is -1.35. The van der Waals surface area contributed by atoms with Gasteiger partial charge in [-0.15, -0.1) is 0 Å². The summed E-state index contributed by atoms with van der Waals surface area (Å²) >= 11 is 6.09. The van der Waals surface area contributed by atoms with Crippen LogP contribution in [0.15, 0.2) is 29.4 Å². The van der Waals surface area contributed by atoms with Crippen molar-refractivity contribution >= 4 is 23.7 Å². The first-order valence-electron chi connectivity index (χ1n) is 8.23. The smallest absolute Gasteiger partial charge is 0.246 e. The van der Waals surface area contributed by atoms with Crippen molar-refractivity contribution in [3.05, 3.63) is 34.9 Å². The van der Waals surface area contributed by atoms with Crippen molar-refractivity contribution in [2.24, 2.45) is 28.3 Å². The lowest BCUT2D eigenvalue weighted by Crippen LogP contribution is -2.52. The van der Waals surface area contributed by atoms with Crippen molar-refractivity contribution in [3.8, 4) is 0 Å². The maximum Gasteiger partial charge on any atom is 0.246 e. The number of hydrazone groups is 1. The summed E-state index contributed by atoms with van der Waals surface area (Å²) in [7, 11) is 0. The van der Waals surface area contributed by atoms with E-state index in [-0.39, 0.29) is 11.3 Å². The van der Waals surface area contributed by atoms with E-state index in [2.05, 4.69) is 10.5 Å². The molecule has 4 saturated carbocycles. The fraction of sp³-hybridized carbons (Fsp3) is 0.556. The van der Waals surface area contributed by atoms with E-state index in [4.69, 9.17) is 11.6 Å². The largest absolute Gasteiger partial charge is 0.273 e. The van der Waals surface area contributed by atoms with Gasteiger partial charge in [0, 0.05) is 10.6 Å². The van der Waals surface area contributed by atoms with Gasteiger partial charge in [0.1, 0.15) is 0 Å². The van der Waals surface area contributed by atoms with Gasteiger partial charge in [0.15, 0.2) is 0 Å². The average Bonchev–Trinajstić information content (AvgIpc) is 2.47. The molecule has 1 aromatic rings. The van der Waals surface area contributed by atoms with Crippen LogP contribution in [0, 0.1) is 23.2 Å². The van der Waals surface area contributed by atoms with E-state index in [0.29, 0.717) is 5.02 Å². The third-order valence-electron chi connectivity index (χ3n) is 5.79. The molecule has 4 fully saturated rings. The monoisotopic (exact) mass is 316 g/mol. The summed E-state index contributed by atoms with van der Waals surface area (Å²) in [6.45, 7) is 0. The normalized spacial score (nSPS) is 36.0. The van der Waals surface area contributed by atoms with Crippen LogP contribution in [0.5, 0.6) is 0 Å². The van der Waals surface area contributed by atoms with Crippen LogP contribution in [0.25, 0.3) is 0 Å². The van der Waals surface area contributed by atoms with E-state index in [0.717, 1.165) is 42.6 Å². The van der Waals surface area contributed by atoms with Gasteiger partial charge < -0.3 is 0 Å². The van der Waals surface area contributed by atoms with Crippen molar-refractivity contribution in [1.82, 2.24) is 5.43 Å². The number of carbonyl (C=O) groups is 1. The van der Waals surface area contributed by atoms with E-state index < -0.39 is 0 Å². The zero-order chi connectivity index (χ0) is 15.2. The molecule has 0 aromatic heterocycles. The molecule has 0 heterocycles. The molecular formula is C18H21ClN2O. The molecule has 1 amide bonds. The van der Waals surface area contributed by atoms with E-state index >= 15 is 0 Å². The van der Waals surface area contributed by atoms with Crippen LogP contribution in [0.4, 0.5) is 0 Å². The second-order valence-electron chi connectivity index (χ2n) is 7.42. The molecule has 4 bridgehead atoms. The molecule has 4 heteroatoms. The number of nitrogens with zero attached hydrogens (tertiary/aromatic N) is 1. The summed E-state index contributed by atoms with van der Waals surface area (Å²) in [4.78, 5) is 12.7. The van der Waals surface area contributed by atoms with E-state index in [1.807, 2.05) is 24.3 Å². The number of nitrogens with one attached hydrogen (secondary N) is 1. The number of carbonyl (C=O) groups excluding carboxylic acids is 1. The summed E-state index contributed by atoms with van der Waals surface area (Å²) < 4.78 is 0. The Morgan fingerprint density at radius 3 is 2.32 bits per heavy atom. The molecule has 0 spiro atoms. The molecule has 0 radical (unpaired) electrons. The number of hydrogen-bond donors (Lipinski definition) is 1. The maximum atomic E-state index is 12.7. The summed E-state index contributed by atoms with van der Waals surface area (Å²) in [5.41, 5.74) is 3.47. The Balaban J connectivity index is 1.45. The number of halogens is 1. The summed E-state index contributed by atoms with van der Waals surface area (Å²) in [6.07, 6.45) is 8.85. The summed E-state index contributed by atoms with van der Waals surface area (Å²) in [5, 5.41) is 4.80. The minimum atomic E-state index is -0.146. The van der Waals surface area contributed by atoms with E-state index in [1.165, 1.54) is 19.3 Å². The number of rotatable bonds is 3. The lowest BCUT2D eigenvalue weighted by Gasteiger charge is -2.55. The Morgan fingerprint density at radius 1 is 1.14 bits per heavy atom. The molecule has 116 valence electrons. The highest BCUT2D eigenvalue weighted by atomic mass is 35.5. The Morgan fingerprint density at radius 2 is 1.73 bits per heavy atom. The Bertz CT molecular complexity index is 590. The van der Waals surface area contributed by atoms with Gasteiger partial charge in [-0.2, -0.15) is 5.10 Å². The zero-order valence-electron chi connectivity index (χ0n) is 12.6. The van der Waals surface area contributed by atoms with Crippen LogP contribution >= 0.6 is 11.6 Å². The minimum absolute atomic E-state index is 0.120. The molecule has 5 rings (SSSR count). The third kappa shape index (κ3) is 2.45. The lowest BCUT2D eigenvalue weighted by molar-refractivity contribution is -0.146. The molecule has 0 aliphatic heterocycles. The van der Waals surface area contributed by atoms with E-state index in [9.17, 15) is 4.79 Å². The molecule has 1 aromatic carbocycles.